The van der Waals surface area contributed by atoms with E-state index < -0.39 is 6.10 Å². The van der Waals surface area contributed by atoms with Gasteiger partial charge in [-0.05, 0) is 19.9 Å². The lowest BCUT2D eigenvalue weighted by Gasteiger charge is -2.19. The third-order valence-corrected chi connectivity index (χ3v) is 3.55. The van der Waals surface area contributed by atoms with Crippen LogP contribution in [0.4, 0.5) is 5.69 Å². The minimum atomic E-state index is -0.481. The molecule has 0 radical (unpaired) electrons. The Morgan fingerprint density at radius 2 is 2.21 bits per heavy atom. The van der Waals surface area contributed by atoms with Crippen molar-refractivity contribution in [2.45, 2.75) is 26.4 Å². The molecule has 6 heteroatoms. The predicted molar refractivity (Wildman–Crippen MR) is 71.9 cm³/mol. The van der Waals surface area contributed by atoms with Crippen LogP contribution in [0.25, 0.3) is 0 Å². The van der Waals surface area contributed by atoms with Crippen molar-refractivity contribution in [3.8, 4) is 0 Å². The summed E-state index contributed by atoms with van der Waals surface area (Å²) in [6.45, 7) is 5.00. The first kappa shape index (κ1) is 13.7. The van der Waals surface area contributed by atoms with Crippen LogP contribution in [0.5, 0.6) is 0 Å². The number of aryl methyl sites for hydroxylation is 2. The second-order valence-electron chi connectivity index (χ2n) is 5.07. The van der Waals surface area contributed by atoms with Crippen LogP contribution in [0.15, 0.2) is 6.07 Å². The van der Waals surface area contributed by atoms with Crippen LogP contribution < -0.4 is 10.2 Å². The summed E-state index contributed by atoms with van der Waals surface area (Å²) in [6.07, 6.45) is -0.129. The number of anilines is 1. The van der Waals surface area contributed by atoms with Crippen molar-refractivity contribution < 1.29 is 9.90 Å². The van der Waals surface area contributed by atoms with Crippen molar-refractivity contribution in [3.05, 3.63) is 17.5 Å². The summed E-state index contributed by atoms with van der Waals surface area (Å²) in [5.41, 5.74) is 2.69. The number of amides is 1. The van der Waals surface area contributed by atoms with Crippen molar-refractivity contribution in [2.75, 3.05) is 25.0 Å². The minimum absolute atomic E-state index is 0.0344. The Morgan fingerprint density at radius 3 is 2.89 bits per heavy atom. The zero-order valence-electron chi connectivity index (χ0n) is 11.6. The molecule has 2 atom stereocenters. The first-order valence-corrected chi connectivity index (χ1v) is 6.45. The van der Waals surface area contributed by atoms with Crippen LogP contribution in [0.1, 0.15) is 17.8 Å². The van der Waals surface area contributed by atoms with E-state index in [1.807, 2.05) is 19.9 Å². The summed E-state index contributed by atoms with van der Waals surface area (Å²) in [5.74, 6) is -0.0699. The van der Waals surface area contributed by atoms with Crippen molar-refractivity contribution in [1.82, 2.24) is 15.5 Å². The van der Waals surface area contributed by atoms with E-state index >= 15 is 0 Å². The molecule has 0 aliphatic carbocycles. The number of carbonyl (C=O) groups is 1. The molecule has 0 bridgehead atoms. The van der Waals surface area contributed by atoms with Gasteiger partial charge in [-0.3, -0.25) is 4.79 Å². The van der Waals surface area contributed by atoms with Gasteiger partial charge in [-0.25, -0.2) is 0 Å². The summed E-state index contributed by atoms with van der Waals surface area (Å²) in [4.78, 5) is 13.5. The predicted octanol–water partition coefficient (Wildman–Crippen LogP) is 0.0266. The van der Waals surface area contributed by atoms with Crippen molar-refractivity contribution in [2.24, 2.45) is 5.92 Å². The summed E-state index contributed by atoms with van der Waals surface area (Å²) >= 11 is 0. The second-order valence-corrected chi connectivity index (χ2v) is 5.07. The maximum absolute atomic E-state index is 11.4. The average Bonchev–Trinajstić information content (AvgIpc) is 2.73. The lowest BCUT2D eigenvalue weighted by Crippen LogP contribution is -2.27. The maximum Gasteiger partial charge on any atom is 0.220 e. The fourth-order valence-corrected chi connectivity index (χ4v) is 2.45. The van der Waals surface area contributed by atoms with Crippen LogP contribution >= 0.6 is 0 Å². The van der Waals surface area contributed by atoms with E-state index in [2.05, 4.69) is 20.4 Å². The molecule has 1 aliphatic heterocycles. The fourth-order valence-electron chi connectivity index (χ4n) is 2.45. The molecule has 1 saturated heterocycles. The summed E-state index contributed by atoms with van der Waals surface area (Å²) in [7, 11) is 1.61. The highest BCUT2D eigenvalue weighted by molar-refractivity contribution is 5.76. The summed E-state index contributed by atoms with van der Waals surface area (Å²) < 4.78 is 0. The Labute approximate surface area is 112 Å². The van der Waals surface area contributed by atoms with Gasteiger partial charge in [0.25, 0.3) is 0 Å². The third-order valence-electron chi connectivity index (χ3n) is 3.55. The van der Waals surface area contributed by atoms with Gasteiger partial charge < -0.3 is 15.3 Å². The van der Waals surface area contributed by atoms with Gasteiger partial charge in [0.1, 0.15) is 0 Å². The number of nitrogens with zero attached hydrogens (tertiary/aromatic N) is 3. The van der Waals surface area contributed by atoms with E-state index in [0.29, 0.717) is 19.5 Å². The lowest BCUT2D eigenvalue weighted by atomic mass is 10.0. The molecule has 1 aromatic rings. The molecule has 104 valence electrons. The number of β-amino-alcohol motifs (C(OH)–C–C–N with tert-alkyl or cyclic N) is 1. The lowest BCUT2D eigenvalue weighted by molar-refractivity contribution is -0.122. The molecular weight excluding hydrogens is 244 g/mol. The van der Waals surface area contributed by atoms with E-state index in [4.69, 9.17) is 0 Å². The second kappa shape index (κ2) is 5.52. The number of rotatable bonds is 3. The molecule has 19 heavy (non-hydrogen) atoms. The number of nitrogens with one attached hydrogen (secondary N) is 1. The summed E-state index contributed by atoms with van der Waals surface area (Å²) in [6, 6.07) is 1.97. The van der Waals surface area contributed by atoms with E-state index in [-0.39, 0.29) is 11.8 Å². The first-order chi connectivity index (χ1) is 9.01. The van der Waals surface area contributed by atoms with Crippen molar-refractivity contribution >= 4 is 11.6 Å². The molecule has 0 unspecified atom stereocenters. The highest BCUT2D eigenvalue weighted by Crippen LogP contribution is 2.27. The van der Waals surface area contributed by atoms with E-state index in [9.17, 15) is 9.90 Å². The molecule has 6 nitrogen and oxygen atoms in total. The Bertz CT molecular complexity index is 478. The van der Waals surface area contributed by atoms with Crippen LogP contribution in [-0.2, 0) is 4.79 Å². The van der Waals surface area contributed by atoms with Gasteiger partial charge in [0.05, 0.1) is 23.2 Å². The molecule has 1 amide bonds. The van der Waals surface area contributed by atoms with Gasteiger partial charge in [-0.2, -0.15) is 10.2 Å². The van der Waals surface area contributed by atoms with Gasteiger partial charge in [-0.15, -0.1) is 0 Å². The molecule has 1 aromatic heterocycles. The Kier molecular flexibility index (Phi) is 3.99. The third kappa shape index (κ3) is 3.01. The quantitative estimate of drug-likeness (QED) is 0.805. The van der Waals surface area contributed by atoms with Gasteiger partial charge in [0.2, 0.25) is 5.91 Å². The van der Waals surface area contributed by atoms with Crippen molar-refractivity contribution in [3.63, 3.8) is 0 Å². The molecule has 0 saturated carbocycles. The van der Waals surface area contributed by atoms with Crippen LogP contribution in [-0.4, -0.2) is 47.5 Å². The number of hydrogen-bond acceptors (Lipinski definition) is 5. The number of aromatic nitrogens is 2. The number of aliphatic hydroxyl groups excluding tert-OH is 1. The average molecular weight is 264 g/mol. The molecule has 1 aliphatic rings. The molecule has 2 heterocycles. The highest BCUT2D eigenvalue weighted by atomic mass is 16.3. The molecular formula is C13H20N4O2. The monoisotopic (exact) mass is 264 g/mol. The van der Waals surface area contributed by atoms with E-state index in [1.165, 1.54) is 0 Å². The maximum atomic E-state index is 11.4. The van der Waals surface area contributed by atoms with Gasteiger partial charge in [0, 0.05) is 32.5 Å². The van der Waals surface area contributed by atoms with Crippen LogP contribution in [0.3, 0.4) is 0 Å². The zero-order valence-corrected chi connectivity index (χ0v) is 11.6. The number of hydrogen-bond donors (Lipinski definition) is 2. The smallest absolute Gasteiger partial charge is 0.220 e. The summed E-state index contributed by atoms with van der Waals surface area (Å²) in [5, 5.41) is 20.8. The Morgan fingerprint density at radius 1 is 1.47 bits per heavy atom. The molecule has 1 fully saturated rings. The van der Waals surface area contributed by atoms with E-state index in [0.717, 1.165) is 17.1 Å². The molecule has 2 N–H and O–H groups in total. The van der Waals surface area contributed by atoms with Gasteiger partial charge >= 0.3 is 0 Å². The normalized spacial score (nSPS) is 22.6. The van der Waals surface area contributed by atoms with E-state index in [1.54, 1.807) is 7.05 Å². The van der Waals surface area contributed by atoms with Crippen molar-refractivity contribution in [1.29, 1.82) is 0 Å². The fraction of sp³-hybridized carbons (Fsp3) is 0.615. The zero-order chi connectivity index (χ0) is 14.0. The largest absolute Gasteiger partial charge is 0.391 e. The number of aliphatic hydroxyl groups is 1. The SMILES string of the molecule is CNC(=O)C[C@@H]1CN(c2cc(C)nnc2C)C[C@H]1O. The number of carbonyl (C=O) groups excluding carboxylic acids is 1. The highest BCUT2D eigenvalue weighted by Gasteiger charge is 2.33. The standard InChI is InChI=1S/C13H20N4O2/c1-8-4-11(9(2)16-15-8)17-6-10(12(18)7-17)5-13(19)14-3/h4,10,12,18H,5-7H2,1-3H3,(H,14,19)/t10-,12-/m1/s1. The molecule has 0 spiro atoms. The van der Waals surface area contributed by atoms with Gasteiger partial charge in [-0.1, -0.05) is 0 Å². The topological polar surface area (TPSA) is 78.4 Å². The Hall–Kier alpha value is -1.69. The van der Waals surface area contributed by atoms with Crippen LogP contribution in [0.2, 0.25) is 0 Å². The first-order valence-electron chi connectivity index (χ1n) is 6.45. The van der Waals surface area contributed by atoms with Crippen LogP contribution in [0, 0.1) is 19.8 Å². The molecule has 2 rings (SSSR count). The minimum Gasteiger partial charge on any atom is -0.391 e. The Balaban J connectivity index is 2.12. The van der Waals surface area contributed by atoms with Gasteiger partial charge in [0.15, 0.2) is 0 Å². The molecule has 0 aromatic carbocycles.